The van der Waals surface area contributed by atoms with Crippen molar-refractivity contribution >= 4 is 23.7 Å². The van der Waals surface area contributed by atoms with E-state index in [1.165, 1.54) is 78.4 Å². The molecule has 0 atom stereocenters. The molecule has 0 aliphatic carbocycles. The van der Waals surface area contributed by atoms with Crippen LogP contribution in [0.4, 0.5) is 11.4 Å². The van der Waals surface area contributed by atoms with Gasteiger partial charge in [0.15, 0.2) is 0 Å². The minimum absolute atomic E-state index is 1.03. The Hall–Kier alpha value is -3.41. The highest BCUT2D eigenvalue weighted by molar-refractivity contribution is 5.69. The fourth-order valence-corrected chi connectivity index (χ4v) is 5.26. The van der Waals surface area contributed by atoms with Crippen LogP contribution in [0.5, 0.6) is 0 Å². The van der Waals surface area contributed by atoms with Gasteiger partial charge in [-0.25, -0.2) is 0 Å². The molecule has 0 saturated carbocycles. The molecular formula is C42H69N5. The first kappa shape index (κ1) is 43.6. The number of allylic oxidation sites excluding steroid dienone is 3. The Morgan fingerprint density at radius 2 is 1.45 bits per heavy atom. The number of nitrogens with zero attached hydrogens (tertiary/aromatic N) is 3. The van der Waals surface area contributed by atoms with E-state index in [1.807, 2.05) is 26.3 Å². The lowest BCUT2D eigenvalue weighted by Gasteiger charge is -2.38. The number of anilines is 2. The highest BCUT2D eigenvalue weighted by atomic mass is 15.3. The first-order valence-corrected chi connectivity index (χ1v) is 17.7. The lowest BCUT2D eigenvalue weighted by molar-refractivity contribution is 0.651. The normalized spacial score (nSPS) is 13.1. The van der Waals surface area contributed by atoms with Crippen LogP contribution in [0, 0.1) is 13.8 Å². The summed E-state index contributed by atoms with van der Waals surface area (Å²) in [4.78, 5) is 9.24. The number of para-hydroxylation sites is 1. The Bertz CT molecular complexity index is 1230. The van der Waals surface area contributed by atoms with E-state index in [2.05, 4.69) is 130 Å². The third kappa shape index (κ3) is 17.4. The molecule has 0 spiro atoms. The number of hydrogen-bond acceptors (Lipinski definition) is 5. The lowest BCUT2D eigenvalue weighted by atomic mass is 10.1. The monoisotopic (exact) mass is 644 g/mol. The Balaban J connectivity index is 0.000000701. The van der Waals surface area contributed by atoms with Crippen molar-refractivity contribution in [2.45, 2.75) is 93.4 Å². The van der Waals surface area contributed by atoms with Gasteiger partial charge in [0.25, 0.3) is 0 Å². The highest BCUT2D eigenvalue weighted by Gasteiger charge is 2.19. The average molecular weight is 644 g/mol. The van der Waals surface area contributed by atoms with Crippen LogP contribution in [0.1, 0.15) is 96.3 Å². The molecule has 2 aromatic rings. The molecule has 0 amide bonds. The third-order valence-corrected chi connectivity index (χ3v) is 7.99. The van der Waals surface area contributed by atoms with Crippen LogP contribution in [0.25, 0.3) is 6.08 Å². The fraction of sp³-hybridized carbons (Fsp3) is 0.500. The van der Waals surface area contributed by atoms with E-state index in [0.717, 1.165) is 56.8 Å². The Kier molecular flexibility index (Phi) is 24.7. The summed E-state index contributed by atoms with van der Waals surface area (Å²) < 4.78 is 0. The molecule has 2 aliphatic rings. The summed E-state index contributed by atoms with van der Waals surface area (Å²) in [6.45, 7) is 32.0. The molecule has 2 aliphatic heterocycles. The van der Waals surface area contributed by atoms with Crippen molar-refractivity contribution in [3.05, 3.63) is 101 Å². The van der Waals surface area contributed by atoms with E-state index in [0.29, 0.717) is 0 Å². The van der Waals surface area contributed by atoms with Crippen LogP contribution in [0.15, 0.2) is 89.6 Å². The van der Waals surface area contributed by atoms with Crippen LogP contribution < -0.4 is 20.9 Å². The van der Waals surface area contributed by atoms with Crippen LogP contribution in [-0.2, 0) is 0 Å². The van der Waals surface area contributed by atoms with Gasteiger partial charge < -0.3 is 20.9 Å². The number of aryl methyl sites for hydroxylation is 2. The molecule has 262 valence electrons. The van der Waals surface area contributed by atoms with Gasteiger partial charge >= 0.3 is 0 Å². The SMILES string of the molecule is C=C(C)C1=C(CC)CC=N1.C=C(C)CCCC.C=Cc1ccc(N2CCN(c3ccccc3C)CC2)c(C)c1.CCCCNC.CN. The molecule has 1 fully saturated rings. The van der Waals surface area contributed by atoms with Gasteiger partial charge in [0.2, 0.25) is 0 Å². The maximum absolute atomic E-state index is 4.50. The van der Waals surface area contributed by atoms with Crippen LogP contribution in [0.2, 0.25) is 0 Å². The maximum atomic E-state index is 4.50. The van der Waals surface area contributed by atoms with Crippen molar-refractivity contribution in [2.24, 2.45) is 10.7 Å². The predicted octanol–water partition coefficient (Wildman–Crippen LogP) is 10.3. The van der Waals surface area contributed by atoms with Gasteiger partial charge in [-0.15, -0.1) is 6.58 Å². The van der Waals surface area contributed by atoms with Crippen molar-refractivity contribution in [2.75, 3.05) is 56.6 Å². The zero-order chi connectivity index (χ0) is 35.6. The van der Waals surface area contributed by atoms with E-state index >= 15 is 0 Å². The summed E-state index contributed by atoms with van der Waals surface area (Å²) in [5.41, 5.74) is 16.1. The van der Waals surface area contributed by atoms with Crippen LogP contribution in [-0.4, -0.2) is 53.0 Å². The second-order valence-electron chi connectivity index (χ2n) is 12.1. The first-order chi connectivity index (χ1) is 22.6. The van der Waals surface area contributed by atoms with Gasteiger partial charge in [-0.1, -0.05) is 88.8 Å². The Morgan fingerprint density at radius 3 is 1.83 bits per heavy atom. The molecular weight excluding hydrogens is 574 g/mol. The zero-order valence-corrected chi connectivity index (χ0v) is 31.7. The summed E-state index contributed by atoms with van der Waals surface area (Å²) in [5.74, 6) is 0. The van der Waals surface area contributed by atoms with Gasteiger partial charge in [-0.2, -0.15) is 0 Å². The molecule has 0 aromatic heterocycles. The molecule has 47 heavy (non-hydrogen) atoms. The smallest absolute Gasteiger partial charge is 0.0644 e. The Morgan fingerprint density at radius 1 is 0.872 bits per heavy atom. The first-order valence-electron chi connectivity index (χ1n) is 17.7. The zero-order valence-electron chi connectivity index (χ0n) is 31.7. The van der Waals surface area contributed by atoms with Crippen molar-refractivity contribution in [3.63, 3.8) is 0 Å². The number of rotatable bonds is 11. The van der Waals surface area contributed by atoms with Crippen molar-refractivity contribution in [3.8, 4) is 0 Å². The summed E-state index contributed by atoms with van der Waals surface area (Å²) >= 11 is 0. The van der Waals surface area contributed by atoms with E-state index < -0.39 is 0 Å². The molecule has 0 radical (unpaired) electrons. The second-order valence-corrected chi connectivity index (χ2v) is 12.1. The highest BCUT2D eigenvalue weighted by Crippen LogP contribution is 2.26. The summed E-state index contributed by atoms with van der Waals surface area (Å²) in [6, 6.07) is 15.3. The maximum Gasteiger partial charge on any atom is 0.0644 e. The number of benzene rings is 2. The van der Waals surface area contributed by atoms with Gasteiger partial charge in [-0.05, 0) is 114 Å². The molecule has 4 rings (SSSR count). The topological polar surface area (TPSA) is 56.9 Å². The van der Waals surface area contributed by atoms with Crippen molar-refractivity contribution < 1.29 is 0 Å². The number of piperazine rings is 1. The molecule has 1 saturated heterocycles. The largest absolute Gasteiger partial charge is 0.368 e. The number of hydrogen-bond donors (Lipinski definition) is 2. The molecule has 0 bridgehead atoms. The van der Waals surface area contributed by atoms with E-state index in [1.54, 1.807) is 0 Å². The second kappa shape index (κ2) is 26.6. The number of nitrogens with one attached hydrogen (secondary N) is 1. The molecule has 3 N–H and O–H groups in total. The third-order valence-electron chi connectivity index (χ3n) is 7.99. The van der Waals surface area contributed by atoms with Gasteiger partial charge in [0.1, 0.15) is 0 Å². The number of unbranched alkanes of at least 4 members (excludes halogenated alkanes) is 2. The standard InChI is InChI=1S/C20H24N2.C9H13N.C7H14.C5H13N.CH5N/c1-4-18-9-10-20(17(3)15-18)22-13-11-21(12-14-22)19-8-6-5-7-16(19)2;1-4-8-5-6-10-9(8)7(2)3;1-4-5-6-7(2)3;1-3-4-5-6-2;1-2/h4-10,15H,1,11-14H2,2-3H3;6H,2,4-5H2,1,3H3;2,4-6H2,1,3H3;6H,3-5H2,1-2H3;2H2,1H3. The van der Waals surface area contributed by atoms with Crippen LogP contribution in [0.3, 0.4) is 0 Å². The molecule has 2 aromatic carbocycles. The molecule has 2 heterocycles. The van der Waals surface area contributed by atoms with E-state index in [4.69, 9.17) is 0 Å². The molecule has 5 nitrogen and oxygen atoms in total. The number of nitrogens with two attached hydrogens (primary N) is 1. The lowest BCUT2D eigenvalue weighted by Crippen LogP contribution is -2.47. The predicted molar refractivity (Wildman–Crippen MR) is 215 cm³/mol. The van der Waals surface area contributed by atoms with E-state index in [-0.39, 0.29) is 0 Å². The number of aliphatic imine (C=N–C) groups is 1. The van der Waals surface area contributed by atoms with Gasteiger partial charge in [-0.3, -0.25) is 4.99 Å². The van der Waals surface area contributed by atoms with Gasteiger partial charge in [0, 0.05) is 50.2 Å². The average Bonchev–Trinajstić information content (AvgIpc) is 3.58. The quantitative estimate of drug-likeness (QED) is 0.189. The van der Waals surface area contributed by atoms with Crippen molar-refractivity contribution in [1.82, 2.24) is 5.32 Å². The summed E-state index contributed by atoms with van der Waals surface area (Å²) in [5, 5.41) is 3.07. The molecule has 5 heteroatoms. The van der Waals surface area contributed by atoms with Gasteiger partial charge in [0.05, 0.1) is 5.70 Å². The minimum Gasteiger partial charge on any atom is -0.368 e. The summed E-state index contributed by atoms with van der Waals surface area (Å²) in [7, 11) is 3.48. The Labute approximate surface area is 290 Å². The van der Waals surface area contributed by atoms with E-state index in [9.17, 15) is 0 Å². The fourth-order valence-electron chi connectivity index (χ4n) is 5.26. The van der Waals surface area contributed by atoms with Crippen molar-refractivity contribution in [1.29, 1.82) is 0 Å². The summed E-state index contributed by atoms with van der Waals surface area (Å²) in [6.07, 6.45) is 12.4. The molecule has 0 unspecified atom stereocenters. The van der Waals surface area contributed by atoms with Crippen LogP contribution >= 0.6 is 0 Å². The minimum atomic E-state index is 1.03.